The average Bonchev–Trinajstić information content (AvgIpc) is 2.79. The Balaban J connectivity index is 1.74. The number of hydrogen-bond donors (Lipinski definition) is 1. The standard InChI is InChI=1S/C11H15N5/c1-10-11(14-7-6-12-10)13-4-2-8-16-9-3-5-15-16/h3,5-7,9H,2,4,8H2,1H3,(H,13,14). The maximum Gasteiger partial charge on any atom is 0.147 e. The van der Waals surface area contributed by atoms with E-state index in [-0.39, 0.29) is 0 Å². The lowest BCUT2D eigenvalue weighted by Gasteiger charge is -2.07. The van der Waals surface area contributed by atoms with Gasteiger partial charge < -0.3 is 5.32 Å². The molecule has 0 bridgehead atoms. The van der Waals surface area contributed by atoms with Gasteiger partial charge in [-0.1, -0.05) is 0 Å². The molecule has 84 valence electrons. The zero-order chi connectivity index (χ0) is 11.2. The minimum absolute atomic E-state index is 0.864. The van der Waals surface area contributed by atoms with Crippen molar-refractivity contribution in [1.82, 2.24) is 19.7 Å². The number of nitrogens with zero attached hydrogens (tertiary/aromatic N) is 4. The minimum Gasteiger partial charge on any atom is -0.369 e. The third kappa shape index (κ3) is 2.79. The zero-order valence-electron chi connectivity index (χ0n) is 9.30. The van der Waals surface area contributed by atoms with E-state index in [1.54, 1.807) is 18.6 Å². The second-order valence-electron chi connectivity index (χ2n) is 3.54. The van der Waals surface area contributed by atoms with Crippen LogP contribution in [0.3, 0.4) is 0 Å². The van der Waals surface area contributed by atoms with Crippen LogP contribution in [-0.4, -0.2) is 26.3 Å². The van der Waals surface area contributed by atoms with E-state index in [1.165, 1.54) is 0 Å². The summed E-state index contributed by atoms with van der Waals surface area (Å²) < 4.78 is 1.92. The summed E-state index contributed by atoms with van der Waals surface area (Å²) in [5.74, 6) is 0.864. The van der Waals surface area contributed by atoms with E-state index in [0.717, 1.165) is 31.0 Å². The second kappa shape index (κ2) is 5.25. The molecule has 2 aromatic heterocycles. The largest absolute Gasteiger partial charge is 0.369 e. The van der Waals surface area contributed by atoms with Gasteiger partial charge in [-0.3, -0.25) is 9.67 Å². The molecule has 2 heterocycles. The third-order valence-electron chi connectivity index (χ3n) is 2.30. The Bertz CT molecular complexity index is 424. The Morgan fingerprint density at radius 3 is 2.88 bits per heavy atom. The van der Waals surface area contributed by atoms with Crippen LogP contribution in [0.25, 0.3) is 0 Å². The van der Waals surface area contributed by atoms with E-state index in [2.05, 4.69) is 20.4 Å². The van der Waals surface area contributed by atoms with E-state index in [0.29, 0.717) is 0 Å². The van der Waals surface area contributed by atoms with Crippen molar-refractivity contribution in [2.45, 2.75) is 19.9 Å². The lowest BCUT2D eigenvalue weighted by Crippen LogP contribution is -2.09. The third-order valence-corrected chi connectivity index (χ3v) is 2.30. The molecule has 0 aliphatic heterocycles. The van der Waals surface area contributed by atoms with E-state index in [1.807, 2.05) is 23.9 Å². The van der Waals surface area contributed by atoms with Crippen molar-refractivity contribution in [3.05, 3.63) is 36.5 Å². The molecule has 0 spiro atoms. The van der Waals surface area contributed by atoms with Crippen LogP contribution in [0.4, 0.5) is 5.82 Å². The summed E-state index contributed by atoms with van der Waals surface area (Å²) in [5.41, 5.74) is 0.932. The summed E-state index contributed by atoms with van der Waals surface area (Å²) >= 11 is 0. The number of anilines is 1. The number of rotatable bonds is 5. The normalized spacial score (nSPS) is 10.3. The van der Waals surface area contributed by atoms with Gasteiger partial charge in [0.05, 0.1) is 5.69 Å². The van der Waals surface area contributed by atoms with Gasteiger partial charge in [-0.25, -0.2) is 4.98 Å². The highest BCUT2D eigenvalue weighted by atomic mass is 15.3. The lowest BCUT2D eigenvalue weighted by atomic mass is 10.4. The lowest BCUT2D eigenvalue weighted by molar-refractivity contribution is 0.591. The van der Waals surface area contributed by atoms with E-state index < -0.39 is 0 Å². The maximum atomic E-state index is 4.22. The first kappa shape index (κ1) is 10.6. The highest BCUT2D eigenvalue weighted by molar-refractivity contribution is 5.37. The van der Waals surface area contributed by atoms with Crippen LogP contribution in [0.1, 0.15) is 12.1 Å². The molecule has 0 radical (unpaired) electrons. The fourth-order valence-electron chi connectivity index (χ4n) is 1.46. The summed E-state index contributed by atoms with van der Waals surface area (Å²) in [6.07, 6.45) is 8.17. The molecule has 2 aromatic rings. The SMILES string of the molecule is Cc1nccnc1NCCCn1cccn1. The number of nitrogens with one attached hydrogen (secondary N) is 1. The van der Waals surface area contributed by atoms with E-state index in [4.69, 9.17) is 0 Å². The molecule has 5 nitrogen and oxygen atoms in total. The molecule has 0 aliphatic carbocycles. The van der Waals surface area contributed by atoms with Crippen LogP contribution >= 0.6 is 0 Å². The van der Waals surface area contributed by atoms with Gasteiger partial charge in [0.2, 0.25) is 0 Å². The maximum absolute atomic E-state index is 4.22. The molecule has 0 aliphatic rings. The van der Waals surface area contributed by atoms with Gasteiger partial charge in [0.25, 0.3) is 0 Å². The molecule has 0 atom stereocenters. The predicted molar refractivity (Wildman–Crippen MR) is 62.1 cm³/mol. The number of hydrogen-bond acceptors (Lipinski definition) is 4. The Kier molecular flexibility index (Phi) is 3.48. The van der Waals surface area contributed by atoms with Crippen molar-refractivity contribution < 1.29 is 0 Å². The molecule has 0 aromatic carbocycles. The fourth-order valence-corrected chi connectivity index (χ4v) is 1.46. The first-order valence-corrected chi connectivity index (χ1v) is 5.35. The van der Waals surface area contributed by atoms with Crippen molar-refractivity contribution in [2.24, 2.45) is 0 Å². The highest BCUT2D eigenvalue weighted by Crippen LogP contribution is 2.05. The van der Waals surface area contributed by atoms with Gasteiger partial charge in [-0.15, -0.1) is 0 Å². The molecule has 16 heavy (non-hydrogen) atoms. The molecule has 0 saturated carbocycles. The van der Waals surface area contributed by atoms with Gasteiger partial charge in [-0.2, -0.15) is 5.10 Å². The van der Waals surface area contributed by atoms with Crippen LogP contribution in [0.15, 0.2) is 30.9 Å². The molecular formula is C11H15N5. The molecule has 0 unspecified atom stereocenters. The van der Waals surface area contributed by atoms with Crippen molar-refractivity contribution in [3.8, 4) is 0 Å². The minimum atomic E-state index is 0.864. The fraction of sp³-hybridized carbons (Fsp3) is 0.364. The molecule has 0 amide bonds. The predicted octanol–water partition coefficient (Wildman–Crippen LogP) is 1.48. The van der Waals surface area contributed by atoms with Crippen LogP contribution < -0.4 is 5.32 Å². The van der Waals surface area contributed by atoms with Crippen LogP contribution in [0.5, 0.6) is 0 Å². The topological polar surface area (TPSA) is 55.6 Å². The van der Waals surface area contributed by atoms with Crippen LogP contribution in [0.2, 0.25) is 0 Å². The van der Waals surface area contributed by atoms with Crippen LogP contribution in [-0.2, 0) is 6.54 Å². The van der Waals surface area contributed by atoms with Gasteiger partial charge in [0, 0.05) is 37.9 Å². The summed E-state index contributed by atoms with van der Waals surface area (Å²) in [4.78, 5) is 8.38. The zero-order valence-corrected chi connectivity index (χ0v) is 9.30. The van der Waals surface area contributed by atoms with Crippen molar-refractivity contribution in [1.29, 1.82) is 0 Å². The first-order chi connectivity index (χ1) is 7.86. The molecule has 0 saturated heterocycles. The Hall–Kier alpha value is -1.91. The average molecular weight is 217 g/mol. The van der Waals surface area contributed by atoms with Gasteiger partial charge >= 0.3 is 0 Å². The second-order valence-corrected chi connectivity index (χ2v) is 3.54. The van der Waals surface area contributed by atoms with Gasteiger partial charge in [0.1, 0.15) is 5.82 Å². The summed E-state index contributed by atoms with van der Waals surface area (Å²) in [6.45, 7) is 3.74. The first-order valence-electron chi connectivity index (χ1n) is 5.35. The van der Waals surface area contributed by atoms with Crippen molar-refractivity contribution in [3.63, 3.8) is 0 Å². The molecule has 2 rings (SSSR count). The van der Waals surface area contributed by atoms with Gasteiger partial charge in [0.15, 0.2) is 0 Å². The molecule has 5 heteroatoms. The van der Waals surface area contributed by atoms with Gasteiger partial charge in [-0.05, 0) is 19.4 Å². The summed E-state index contributed by atoms with van der Waals surface area (Å²) in [5, 5.41) is 7.40. The Morgan fingerprint density at radius 2 is 2.12 bits per heavy atom. The summed E-state index contributed by atoms with van der Waals surface area (Å²) in [6, 6.07) is 1.93. The summed E-state index contributed by atoms with van der Waals surface area (Å²) in [7, 11) is 0. The van der Waals surface area contributed by atoms with E-state index in [9.17, 15) is 0 Å². The van der Waals surface area contributed by atoms with Crippen molar-refractivity contribution in [2.75, 3.05) is 11.9 Å². The quantitative estimate of drug-likeness (QED) is 0.771. The Morgan fingerprint density at radius 1 is 1.25 bits per heavy atom. The smallest absolute Gasteiger partial charge is 0.147 e. The highest BCUT2D eigenvalue weighted by Gasteiger charge is 1.98. The van der Waals surface area contributed by atoms with Crippen LogP contribution in [0, 0.1) is 6.92 Å². The van der Waals surface area contributed by atoms with E-state index >= 15 is 0 Å². The Labute approximate surface area is 94.5 Å². The molecule has 1 N–H and O–H groups in total. The number of aromatic nitrogens is 4. The van der Waals surface area contributed by atoms with Crippen molar-refractivity contribution >= 4 is 5.82 Å². The number of aryl methyl sites for hydroxylation is 2. The molecule has 0 fully saturated rings. The molecular weight excluding hydrogens is 202 g/mol. The monoisotopic (exact) mass is 217 g/mol.